The second-order valence-electron chi connectivity index (χ2n) is 12.0. The third kappa shape index (κ3) is 6.49. The van der Waals surface area contributed by atoms with Crippen molar-refractivity contribution in [1.29, 1.82) is 5.26 Å². The van der Waals surface area contributed by atoms with Gasteiger partial charge < -0.3 is 0 Å². The Labute approximate surface area is 301 Å². The van der Waals surface area contributed by atoms with Gasteiger partial charge in [0.1, 0.15) is 0 Å². The Bertz CT molecular complexity index is 2110. The van der Waals surface area contributed by atoms with Crippen molar-refractivity contribution in [3.05, 3.63) is 146 Å². The number of aryl methyl sites for hydroxylation is 1. The normalized spacial score (nSPS) is 16.1. The fourth-order valence-corrected chi connectivity index (χ4v) is 7.21. The summed E-state index contributed by atoms with van der Waals surface area (Å²) in [5.41, 5.74) is 17.5. The number of rotatable bonds is 5. The molecule has 3 aromatic rings. The predicted octanol–water partition coefficient (Wildman–Crippen LogP) is 12.0. The van der Waals surface area contributed by atoms with Gasteiger partial charge in [0.15, 0.2) is 23.5 Å². The Morgan fingerprint density at radius 2 is 1.42 bits per heavy atom. The SMILES string of the molecule is C=C(C)c1ccc(/C(C2=C(C)C3=C(c4ccccc4CC3)[N+]2(C#CC)C#CC)=C2/N=C(c3ccc(C#N)cc3)C(CC)=C2C)cc1.CC.CC. The number of quaternary nitrogens is 1. The zero-order valence-electron chi connectivity index (χ0n) is 31.6. The molecule has 0 radical (unpaired) electrons. The van der Waals surface area contributed by atoms with Crippen molar-refractivity contribution in [2.75, 3.05) is 0 Å². The van der Waals surface area contributed by atoms with Crippen LogP contribution in [-0.2, 0) is 6.42 Å². The fourth-order valence-electron chi connectivity index (χ4n) is 7.21. The minimum atomic E-state index is 0.142. The number of allylic oxidation sites excluding steroid dienone is 6. The first-order valence-electron chi connectivity index (χ1n) is 17.9. The Hall–Kier alpha value is -5.40. The number of benzene rings is 3. The zero-order valence-corrected chi connectivity index (χ0v) is 31.6. The van der Waals surface area contributed by atoms with Crippen LogP contribution in [0.4, 0.5) is 0 Å². The molecule has 3 aliphatic rings. The summed E-state index contributed by atoms with van der Waals surface area (Å²) in [5.74, 6) is 6.58. The number of hydrogen-bond acceptors (Lipinski definition) is 2. The summed E-state index contributed by atoms with van der Waals surface area (Å²) in [5, 5.41) is 9.43. The molecule has 252 valence electrons. The van der Waals surface area contributed by atoms with E-state index in [4.69, 9.17) is 4.99 Å². The van der Waals surface area contributed by atoms with E-state index in [1.807, 2.05) is 72.7 Å². The number of nitriles is 1. The van der Waals surface area contributed by atoms with Crippen LogP contribution >= 0.6 is 0 Å². The van der Waals surface area contributed by atoms with Crippen molar-refractivity contribution >= 4 is 22.6 Å². The molecule has 0 amide bonds. The Morgan fingerprint density at radius 3 is 1.98 bits per heavy atom. The molecule has 0 unspecified atom stereocenters. The van der Waals surface area contributed by atoms with Gasteiger partial charge in [-0.25, -0.2) is 4.99 Å². The zero-order chi connectivity index (χ0) is 36.6. The number of hydrogen-bond donors (Lipinski definition) is 0. The summed E-state index contributed by atoms with van der Waals surface area (Å²) >= 11 is 0. The smallest absolute Gasteiger partial charge is 0.178 e. The maximum absolute atomic E-state index is 9.43. The van der Waals surface area contributed by atoms with Gasteiger partial charge in [0.25, 0.3) is 0 Å². The maximum Gasteiger partial charge on any atom is 0.178 e. The number of nitrogens with zero attached hydrogens (tertiary/aromatic N) is 3. The average Bonchev–Trinajstić information content (AvgIpc) is 3.61. The van der Waals surface area contributed by atoms with Gasteiger partial charge in [-0.1, -0.05) is 101 Å². The monoisotopic (exact) mass is 656 g/mol. The van der Waals surface area contributed by atoms with E-state index in [1.54, 1.807) is 0 Å². The standard InChI is InChI=1S/C43H38N3.2C2H6/c1-8-25-46(26-9-2)42(30(7)37-24-23-33-13-11-12-14-38(33)43(37)46)39(34-21-19-32(20-22-34)28(4)5)40-29(6)36(10-3)41(45-40)35-17-15-31(27-44)16-18-35;2*1-2/h11-22H,4,10,23-24H2,1-3,5-7H3;2*1-2H3/q+1;;/b40-39-;;. The van der Waals surface area contributed by atoms with E-state index in [-0.39, 0.29) is 4.48 Å². The van der Waals surface area contributed by atoms with Crippen LogP contribution in [0.2, 0.25) is 0 Å². The minimum Gasteiger partial charge on any atom is -0.247 e. The Kier molecular flexibility index (Phi) is 12.2. The molecule has 0 atom stereocenters. The van der Waals surface area contributed by atoms with E-state index in [0.717, 1.165) is 69.8 Å². The molecule has 3 aromatic carbocycles. The molecule has 0 N–H and O–H groups in total. The van der Waals surface area contributed by atoms with Crippen molar-refractivity contribution < 1.29 is 4.48 Å². The lowest BCUT2D eigenvalue weighted by molar-refractivity contribution is -0.663. The van der Waals surface area contributed by atoms with Crippen LogP contribution in [0.3, 0.4) is 0 Å². The highest BCUT2D eigenvalue weighted by Crippen LogP contribution is 2.54. The molecule has 3 nitrogen and oxygen atoms in total. The summed E-state index contributed by atoms with van der Waals surface area (Å²) in [6, 6.07) is 34.7. The Balaban J connectivity index is 0.00000136. The summed E-state index contributed by atoms with van der Waals surface area (Å²) in [6.07, 6.45) is 2.75. The fraction of sp³-hybridized carbons (Fsp3) is 0.277. The highest BCUT2D eigenvalue weighted by molar-refractivity contribution is 6.17. The molecule has 0 aromatic heterocycles. The van der Waals surface area contributed by atoms with Crippen molar-refractivity contribution in [2.24, 2.45) is 4.99 Å². The molecule has 0 fully saturated rings. The van der Waals surface area contributed by atoms with Crippen LogP contribution in [0.5, 0.6) is 0 Å². The van der Waals surface area contributed by atoms with E-state index in [9.17, 15) is 5.26 Å². The highest BCUT2D eigenvalue weighted by Gasteiger charge is 2.51. The second-order valence-corrected chi connectivity index (χ2v) is 12.0. The number of fused-ring (bicyclic) bond motifs is 2. The van der Waals surface area contributed by atoms with Crippen molar-refractivity contribution in [1.82, 2.24) is 0 Å². The molecule has 3 heteroatoms. The first-order chi connectivity index (χ1) is 24.3. The van der Waals surface area contributed by atoms with Crippen LogP contribution in [-0.4, -0.2) is 10.2 Å². The van der Waals surface area contributed by atoms with Crippen LogP contribution in [0.15, 0.2) is 118 Å². The quantitative estimate of drug-likeness (QED) is 0.199. The molecule has 2 aliphatic heterocycles. The van der Waals surface area contributed by atoms with Crippen molar-refractivity contribution in [3.63, 3.8) is 0 Å². The first-order valence-corrected chi connectivity index (χ1v) is 17.9. The Morgan fingerprint density at radius 1 is 0.820 bits per heavy atom. The van der Waals surface area contributed by atoms with E-state index in [0.29, 0.717) is 5.56 Å². The van der Waals surface area contributed by atoms with E-state index >= 15 is 0 Å². The largest absolute Gasteiger partial charge is 0.247 e. The molecule has 0 spiro atoms. The van der Waals surface area contributed by atoms with Crippen LogP contribution in [0, 0.1) is 35.3 Å². The van der Waals surface area contributed by atoms with Gasteiger partial charge in [0, 0.05) is 36.1 Å². The number of aliphatic imine (C=N–C) groups is 1. The van der Waals surface area contributed by atoms with Gasteiger partial charge >= 0.3 is 0 Å². The maximum atomic E-state index is 9.43. The van der Waals surface area contributed by atoms with Crippen LogP contribution in [0.25, 0.3) is 16.8 Å². The van der Waals surface area contributed by atoms with Crippen LogP contribution < -0.4 is 0 Å². The summed E-state index contributed by atoms with van der Waals surface area (Å²) in [4.78, 5) is 5.47. The summed E-state index contributed by atoms with van der Waals surface area (Å²) in [6.45, 7) is 24.7. The van der Waals surface area contributed by atoms with E-state index < -0.39 is 0 Å². The lowest BCUT2D eigenvalue weighted by atomic mass is 9.87. The lowest BCUT2D eigenvalue weighted by Crippen LogP contribution is -2.35. The van der Waals surface area contributed by atoms with Crippen molar-refractivity contribution in [2.45, 2.75) is 88.5 Å². The molecule has 50 heavy (non-hydrogen) atoms. The van der Waals surface area contributed by atoms with Crippen molar-refractivity contribution in [3.8, 4) is 30.0 Å². The first kappa shape index (κ1) is 37.4. The third-order valence-corrected chi connectivity index (χ3v) is 9.34. The third-order valence-electron chi connectivity index (χ3n) is 9.34. The lowest BCUT2D eigenvalue weighted by Gasteiger charge is -2.29. The van der Waals surface area contributed by atoms with E-state index in [1.165, 1.54) is 33.5 Å². The molecule has 0 saturated heterocycles. The van der Waals surface area contributed by atoms with Gasteiger partial charge in [-0.15, -0.1) is 4.48 Å². The van der Waals surface area contributed by atoms with Gasteiger partial charge in [-0.2, -0.15) is 5.26 Å². The molecular formula is C47H50N3+. The van der Waals surface area contributed by atoms with Gasteiger partial charge in [-0.3, -0.25) is 0 Å². The molecule has 6 rings (SSSR count). The molecule has 0 bridgehead atoms. The molecule has 2 heterocycles. The second kappa shape index (κ2) is 16.3. The minimum absolute atomic E-state index is 0.142. The van der Waals surface area contributed by atoms with Crippen LogP contribution in [0.1, 0.15) is 115 Å². The van der Waals surface area contributed by atoms with Gasteiger partial charge in [0.2, 0.25) is 0 Å². The molecule has 1 aliphatic carbocycles. The van der Waals surface area contributed by atoms with E-state index in [2.05, 4.69) is 106 Å². The molecule has 0 saturated carbocycles. The predicted molar refractivity (Wildman–Crippen MR) is 213 cm³/mol. The molecular weight excluding hydrogens is 607 g/mol. The van der Waals surface area contributed by atoms with Gasteiger partial charge in [0.05, 0.1) is 28.6 Å². The van der Waals surface area contributed by atoms with Gasteiger partial charge in [-0.05, 0) is 97.9 Å². The highest BCUT2D eigenvalue weighted by atomic mass is 15.4. The summed E-state index contributed by atoms with van der Waals surface area (Å²) < 4.78 is 0.142. The average molecular weight is 657 g/mol. The summed E-state index contributed by atoms with van der Waals surface area (Å²) in [7, 11) is 0. The topological polar surface area (TPSA) is 36.1 Å².